The van der Waals surface area contributed by atoms with Crippen molar-refractivity contribution in [1.29, 1.82) is 0 Å². The Hall–Kier alpha value is -3.23. The van der Waals surface area contributed by atoms with Gasteiger partial charge in [0.2, 0.25) is 5.88 Å². The van der Waals surface area contributed by atoms with Crippen LogP contribution in [0.15, 0.2) is 34.5 Å². The van der Waals surface area contributed by atoms with Gasteiger partial charge in [0.25, 0.3) is 11.8 Å². The summed E-state index contributed by atoms with van der Waals surface area (Å²) in [5.41, 5.74) is 0.0795. The Labute approximate surface area is 168 Å². The van der Waals surface area contributed by atoms with Crippen LogP contribution in [0, 0.1) is 0 Å². The lowest BCUT2D eigenvalue weighted by Gasteiger charge is -2.14. The number of fused-ring (bicyclic) bond motifs is 1. The normalized spacial score (nSPS) is 16.2. The van der Waals surface area contributed by atoms with Crippen LogP contribution in [0.25, 0.3) is 10.9 Å². The Kier molecular flexibility index (Phi) is 5.67. The maximum absolute atomic E-state index is 12.2. The number of aromatic nitrogens is 1. The molecule has 9 nitrogen and oxygen atoms in total. The molecule has 3 rings (SSSR count). The van der Waals surface area contributed by atoms with E-state index < -0.39 is 17.5 Å². The fraction of sp³-hybridized carbons (Fsp3) is 0.450. The van der Waals surface area contributed by atoms with Gasteiger partial charge in [0.15, 0.2) is 5.69 Å². The van der Waals surface area contributed by atoms with Crippen LogP contribution in [0.3, 0.4) is 0 Å². The van der Waals surface area contributed by atoms with E-state index in [1.807, 2.05) is 24.3 Å². The van der Waals surface area contributed by atoms with Gasteiger partial charge in [-0.05, 0) is 26.3 Å². The van der Waals surface area contributed by atoms with E-state index in [1.165, 1.54) is 0 Å². The van der Waals surface area contributed by atoms with Gasteiger partial charge in [0.1, 0.15) is 5.54 Å². The van der Waals surface area contributed by atoms with Crippen LogP contribution >= 0.6 is 0 Å². The molecule has 1 aromatic carbocycles. The zero-order chi connectivity index (χ0) is 21.2. The summed E-state index contributed by atoms with van der Waals surface area (Å²) in [5, 5.41) is 21.5. The van der Waals surface area contributed by atoms with Crippen LogP contribution in [0.1, 0.15) is 40.0 Å². The molecule has 2 heterocycles. The summed E-state index contributed by atoms with van der Waals surface area (Å²) in [5.74, 6) is -1.00. The number of hydrogen-bond donors (Lipinski definition) is 2. The summed E-state index contributed by atoms with van der Waals surface area (Å²) in [6, 6.07) is 6.86. The Bertz CT molecular complexity index is 992. The smallest absolute Gasteiger partial charge is 0.325 e. The Morgan fingerprint density at radius 2 is 1.93 bits per heavy atom. The molecule has 0 atom stereocenters. The summed E-state index contributed by atoms with van der Waals surface area (Å²) in [7, 11) is 0. The number of benzene rings is 1. The van der Waals surface area contributed by atoms with E-state index in [-0.39, 0.29) is 30.4 Å². The highest BCUT2D eigenvalue weighted by molar-refractivity contribution is 6.06. The minimum Gasteiger partial charge on any atom is -0.493 e. The van der Waals surface area contributed by atoms with Gasteiger partial charge in [0, 0.05) is 24.9 Å². The number of azo groups is 1. The minimum atomic E-state index is -0.978. The predicted octanol–water partition coefficient (Wildman–Crippen LogP) is 3.48. The summed E-state index contributed by atoms with van der Waals surface area (Å²) in [4.78, 5) is 37.2. The van der Waals surface area contributed by atoms with Crippen molar-refractivity contribution in [2.45, 2.75) is 52.1 Å². The topological polar surface area (TPSA) is 116 Å². The minimum absolute atomic E-state index is 0.0351. The quantitative estimate of drug-likeness (QED) is 0.547. The van der Waals surface area contributed by atoms with Crippen molar-refractivity contribution in [1.82, 2.24) is 14.8 Å². The lowest BCUT2D eigenvalue weighted by molar-refractivity contribution is -0.130. The molecular formula is C20H25N5O4. The monoisotopic (exact) mass is 399 g/mol. The summed E-state index contributed by atoms with van der Waals surface area (Å²) in [6.45, 7) is 5.83. The van der Waals surface area contributed by atoms with Crippen LogP contribution in [-0.2, 0) is 16.1 Å². The number of carbonyl (C=O) groups excluding carboxylic acids is 3. The SMILES string of the molecule is CCCCn1c(O)c(N=NC(=O)CCN2C(=O)NC(C)(C)C2=O)c2ccccc21. The summed E-state index contributed by atoms with van der Waals surface area (Å²) >= 11 is 0. The van der Waals surface area contributed by atoms with E-state index in [2.05, 4.69) is 22.5 Å². The molecule has 0 saturated carbocycles. The number of para-hydroxylation sites is 1. The van der Waals surface area contributed by atoms with Crippen LogP contribution in [-0.4, -0.2) is 44.5 Å². The molecular weight excluding hydrogens is 374 g/mol. The van der Waals surface area contributed by atoms with Gasteiger partial charge in [-0.3, -0.25) is 14.5 Å². The molecule has 0 aliphatic carbocycles. The second-order valence-corrected chi connectivity index (χ2v) is 7.55. The van der Waals surface area contributed by atoms with Gasteiger partial charge in [0.05, 0.1) is 5.52 Å². The van der Waals surface area contributed by atoms with Crippen LogP contribution < -0.4 is 5.32 Å². The van der Waals surface area contributed by atoms with Crippen LogP contribution in [0.4, 0.5) is 10.5 Å². The molecule has 0 radical (unpaired) electrons. The lowest BCUT2D eigenvalue weighted by atomic mass is 10.1. The van der Waals surface area contributed by atoms with E-state index in [0.717, 1.165) is 23.3 Å². The first-order valence-electron chi connectivity index (χ1n) is 9.65. The highest BCUT2D eigenvalue weighted by atomic mass is 16.3. The number of carbonyl (C=O) groups is 3. The maximum Gasteiger partial charge on any atom is 0.325 e. The number of imide groups is 1. The fourth-order valence-electron chi connectivity index (χ4n) is 3.30. The highest BCUT2D eigenvalue weighted by Gasteiger charge is 2.44. The van der Waals surface area contributed by atoms with Gasteiger partial charge in [-0.25, -0.2) is 4.79 Å². The second-order valence-electron chi connectivity index (χ2n) is 7.55. The van der Waals surface area contributed by atoms with Gasteiger partial charge in [-0.1, -0.05) is 31.5 Å². The van der Waals surface area contributed by atoms with Crippen molar-refractivity contribution in [2.75, 3.05) is 6.54 Å². The number of aryl methyl sites for hydroxylation is 1. The number of nitrogens with zero attached hydrogens (tertiary/aromatic N) is 4. The number of rotatable bonds is 7. The predicted molar refractivity (Wildman–Crippen MR) is 107 cm³/mol. The maximum atomic E-state index is 12.2. The summed E-state index contributed by atoms with van der Waals surface area (Å²) in [6.07, 6.45) is 1.72. The number of urea groups is 1. The van der Waals surface area contributed by atoms with E-state index in [9.17, 15) is 19.5 Å². The average molecular weight is 399 g/mol. The second kappa shape index (κ2) is 8.02. The van der Waals surface area contributed by atoms with Crippen molar-refractivity contribution in [3.8, 4) is 5.88 Å². The molecule has 1 fully saturated rings. The van der Waals surface area contributed by atoms with Crippen LogP contribution in [0.2, 0.25) is 0 Å². The molecule has 4 amide bonds. The van der Waals surface area contributed by atoms with Gasteiger partial charge in [-0.2, -0.15) is 0 Å². The highest BCUT2D eigenvalue weighted by Crippen LogP contribution is 2.39. The van der Waals surface area contributed by atoms with Crippen molar-refractivity contribution in [3.05, 3.63) is 24.3 Å². The number of unbranched alkanes of at least 4 members (excludes halogenated alkanes) is 1. The molecule has 2 N–H and O–H groups in total. The lowest BCUT2D eigenvalue weighted by Crippen LogP contribution is -2.40. The van der Waals surface area contributed by atoms with Gasteiger partial charge >= 0.3 is 6.03 Å². The van der Waals surface area contributed by atoms with Gasteiger partial charge in [-0.15, -0.1) is 10.2 Å². The number of nitrogens with one attached hydrogen (secondary N) is 1. The molecule has 1 aliphatic rings. The van der Waals surface area contributed by atoms with Gasteiger partial charge < -0.3 is 15.0 Å². The molecule has 2 aromatic rings. The number of hydrogen-bond acceptors (Lipinski definition) is 5. The number of aromatic hydroxyl groups is 1. The summed E-state index contributed by atoms with van der Waals surface area (Å²) < 4.78 is 1.76. The van der Waals surface area contributed by atoms with Crippen molar-refractivity contribution < 1.29 is 19.5 Å². The third-order valence-electron chi connectivity index (χ3n) is 4.91. The van der Waals surface area contributed by atoms with Crippen molar-refractivity contribution in [3.63, 3.8) is 0 Å². The molecule has 0 unspecified atom stereocenters. The molecule has 154 valence electrons. The van der Waals surface area contributed by atoms with Crippen molar-refractivity contribution in [2.24, 2.45) is 10.2 Å². The fourth-order valence-corrected chi connectivity index (χ4v) is 3.30. The molecule has 1 aromatic heterocycles. The van der Waals surface area contributed by atoms with E-state index in [4.69, 9.17) is 0 Å². The molecule has 29 heavy (non-hydrogen) atoms. The molecule has 0 bridgehead atoms. The Morgan fingerprint density at radius 3 is 2.59 bits per heavy atom. The van der Waals surface area contributed by atoms with E-state index in [1.54, 1.807) is 18.4 Å². The first-order chi connectivity index (χ1) is 13.8. The largest absolute Gasteiger partial charge is 0.493 e. The Balaban J connectivity index is 1.74. The first kappa shape index (κ1) is 20.5. The van der Waals surface area contributed by atoms with E-state index >= 15 is 0 Å². The number of amides is 4. The Morgan fingerprint density at radius 1 is 1.21 bits per heavy atom. The standard InChI is InChI=1S/C20H25N5O4/c1-4-5-11-24-14-9-7-6-8-13(14)16(17(24)27)23-22-15(26)10-12-25-18(28)20(2,3)21-19(25)29/h6-9,27H,4-5,10-12H2,1-3H3,(H,21,29). The molecule has 9 heteroatoms. The molecule has 1 aliphatic heterocycles. The first-order valence-corrected chi connectivity index (χ1v) is 9.65. The average Bonchev–Trinajstić information content (AvgIpc) is 3.05. The molecule has 1 saturated heterocycles. The zero-order valence-corrected chi connectivity index (χ0v) is 16.8. The zero-order valence-electron chi connectivity index (χ0n) is 16.8. The van der Waals surface area contributed by atoms with E-state index in [0.29, 0.717) is 11.9 Å². The third kappa shape index (κ3) is 3.98. The van der Waals surface area contributed by atoms with Crippen LogP contribution in [0.5, 0.6) is 5.88 Å². The molecule has 0 spiro atoms. The third-order valence-corrected chi connectivity index (χ3v) is 4.91. The van der Waals surface area contributed by atoms with Crippen molar-refractivity contribution >= 4 is 34.4 Å².